The van der Waals surface area contributed by atoms with E-state index in [9.17, 15) is 4.79 Å². The maximum absolute atomic E-state index is 12.3. The van der Waals surface area contributed by atoms with Crippen molar-refractivity contribution in [2.45, 2.75) is 13.0 Å². The molecule has 0 aliphatic carbocycles. The Balaban J connectivity index is 1.77. The number of rotatable bonds is 4. The van der Waals surface area contributed by atoms with Crippen LogP contribution in [-0.2, 0) is 11.3 Å². The fraction of sp³-hybridized carbons (Fsp3) is 0.150. The molecule has 2 aromatic heterocycles. The van der Waals surface area contributed by atoms with E-state index in [1.165, 1.54) is 0 Å². The van der Waals surface area contributed by atoms with Gasteiger partial charge in [0.05, 0.1) is 13.2 Å². The standard InChI is InChI=1S/C20H18N4O2/c21-20-22-11-16(19(23-20)17-7-4-10-26-17)15-8-9-18(25)24(13-15)12-14-5-2-1-3-6-14/h1-3,5-9,11,13H,4,10,12H2,(H2,21,22,23). The van der Waals surface area contributed by atoms with E-state index in [1.54, 1.807) is 22.9 Å². The van der Waals surface area contributed by atoms with Gasteiger partial charge in [-0.25, -0.2) is 9.97 Å². The molecular weight excluding hydrogens is 328 g/mol. The van der Waals surface area contributed by atoms with E-state index in [2.05, 4.69) is 9.97 Å². The van der Waals surface area contributed by atoms with Gasteiger partial charge in [-0.1, -0.05) is 30.3 Å². The SMILES string of the molecule is Nc1ncc(-c2ccc(=O)n(Cc3ccccc3)c2)c(C2=CCCO2)n1. The summed E-state index contributed by atoms with van der Waals surface area (Å²) in [6.07, 6.45) is 6.33. The van der Waals surface area contributed by atoms with Crippen LogP contribution in [0, 0.1) is 0 Å². The normalized spacial score (nSPS) is 13.3. The fourth-order valence-corrected chi connectivity index (χ4v) is 2.97. The summed E-state index contributed by atoms with van der Waals surface area (Å²) in [6, 6.07) is 13.2. The molecule has 1 aromatic carbocycles. The van der Waals surface area contributed by atoms with Crippen LogP contribution in [0.4, 0.5) is 5.95 Å². The second-order valence-corrected chi connectivity index (χ2v) is 6.07. The second kappa shape index (κ2) is 6.84. The van der Waals surface area contributed by atoms with Gasteiger partial charge in [0.15, 0.2) is 0 Å². The Morgan fingerprint density at radius 1 is 1.15 bits per heavy atom. The van der Waals surface area contributed by atoms with E-state index >= 15 is 0 Å². The molecule has 3 aromatic rings. The van der Waals surface area contributed by atoms with Crippen LogP contribution in [0.15, 0.2) is 65.7 Å². The molecule has 0 unspecified atom stereocenters. The first-order valence-electron chi connectivity index (χ1n) is 8.41. The third kappa shape index (κ3) is 3.21. The first kappa shape index (κ1) is 16.1. The molecule has 26 heavy (non-hydrogen) atoms. The van der Waals surface area contributed by atoms with Crippen LogP contribution in [0.1, 0.15) is 17.7 Å². The summed E-state index contributed by atoms with van der Waals surface area (Å²) >= 11 is 0. The van der Waals surface area contributed by atoms with Gasteiger partial charge in [0, 0.05) is 36.0 Å². The van der Waals surface area contributed by atoms with Crippen LogP contribution in [0.3, 0.4) is 0 Å². The number of nitrogen functional groups attached to an aromatic ring is 1. The first-order chi connectivity index (χ1) is 12.7. The lowest BCUT2D eigenvalue weighted by molar-refractivity contribution is 0.306. The van der Waals surface area contributed by atoms with E-state index in [-0.39, 0.29) is 11.5 Å². The molecule has 0 atom stereocenters. The van der Waals surface area contributed by atoms with Crippen LogP contribution < -0.4 is 11.3 Å². The van der Waals surface area contributed by atoms with Crippen molar-refractivity contribution in [3.8, 4) is 11.1 Å². The number of pyridine rings is 1. The molecule has 6 nitrogen and oxygen atoms in total. The number of nitrogens with two attached hydrogens (primary N) is 1. The summed E-state index contributed by atoms with van der Waals surface area (Å²) in [6.45, 7) is 1.13. The number of benzene rings is 1. The van der Waals surface area contributed by atoms with Crippen molar-refractivity contribution < 1.29 is 4.74 Å². The molecule has 0 saturated carbocycles. The molecule has 4 rings (SSSR count). The number of nitrogens with zero attached hydrogens (tertiary/aromatic N) is 3. The Morgan fingerprint density at radius 2 is 2.00 bits per heavy atom. The van der Waals surface area contributed by atoms with Gasteiger partial charge in [-0.3, -0.25) is 4.79 Å². The topological polar surface area (TPSA) is 83.0 Å². The average molecular weight is 346 g/mol. The average Bonchev–Trinajstić information content (AvgIpc) is 3.19. The largest absolute Gasteiger partial charge is 0.491 e. The molecule has 1 aliphatic heterocycles. The van der Waals surface area contributed by atoms with E-state index in [1.807, 2.05) is 42.6 Å². The molecule has 130 valence electrons. The van der Waals surface area contributed by atoms with Gasteiger partial charge in [-0.15, -0.1) is 0 Å². The smallest absolute Gasteiger partial charge is 0.250 e. The Morgan fingerprint density at radius 3 is 2.77 bits per heavy atom. The third-order valence-electron chi connectivity index (χ3n) is 4.24. The highest BCUT2D eigenvalue weighted by molar-refractivity contribution is 5.76. The number of anilines is 1. The van der Waals surface area contributed by atoms with Crippen LogP contribution in [0.25, 0.3) is 16.9 Å². The summed E-state index contributed by atoms with van der Waals surface area (Å²) < 4.78 is 7.33. The summed E-state index contributed by atoms with van der Waals surface area (Å²) in [5, 5.41) is 0. The lowest BCUT2D eigenvalue weighted by Gasteiger charge is -2.12. The molecule has 2 N–H and O–H groups in total. The lowest BCUT2D eigenvalue weighted by atomic mass is 10.1. The molecule has 0 bridgehead atoms. The van der Waals surface area contributed by atoms with E-state index in [0.29, 0.717) is 24.6 Å². The van der Waals surface area contributed by atoms with Crippen LogP contribution >= 0.6 is 0 Å². The predicted molar refractivity (Wildman–Crippen MR) is 100 cm³/mol. The molecule has 0 spiro atoms. The van der Waals surface area contributed by atoms with Crippen molar-refractivity contribution >= 4 is 11.7 Å². The molecule has 0 saturated heterocycles. The molecule has 3 heterocycles. The van der Waals surface area contributed by atoms with Crippen molar-refractivity contribution in [3.63, 3.8) is 0 Å². The summed E-state index contributed by atoms with van der Waals surface area (Å²) in [7, 11) is 0. The summed E-state index contributed by atoms with van der Waals surface area (Å²) in [5.74, 6) is 0.896. The number of hydrogen-bond donors (Lipinski definition) is 1. The molecule has 0 amide bonds. The predicted octanol–water partition coefficient (Wildman–Crippen LogP) is 2.70. The maximum atomic E-state index is 12.3. The maximum Gasteiger partial charge on any atom is 0.250 e. The number of ether oxygens (including phenoxy) is 1. The molecule has 0 fully saturated rings. The minimum absolute atomic E-state index is 0.0631. The number of aromatic nitrogens is 3. The van der Waals surface area contributed by atoms with E-state index < -0.39 is 0 Å². The van der Waals surface area contributed by atoms with E-state index in [0.717, 1.165) is 23.1 Å². The quantitative estimate of drug-likeness (QED) is 0.785. The van der Waals surface area contributed by atoms with Crippen molar-refractivity contribution in [2.24, 2.45) is 0 Å². The molecule has 1 aliphatic rings. The highest BCUT2D eigenvalue weighted by Crippen LogP contribution is 2.30. The minimum atomic E-state index is -0.0631. The highest BCUT2D eigenvalue weighted by Gasteiger charge is 2.17. The van der Waals surface area contributed by atoms with Crippen molar-refractivity contribution in [2.75, 3.05) is 12.3 Å². The summed E-state index contributed by atoms with van der Waals surface area (Å²) in [5.41, 5.74) is 9.04. The van der Waals surface area contributed by atoms with Gasteiger partial charge < -0.3 is 15.0 Å². The van der Waals surface area contributed by atoms with Crippen LogP contribution in [0.5, 0.6) is 0 Å². The molecule has 0 radical (unpaired) electrons. The van der Waals surface area contributed by atoms with Gasteiger partial charge in [0.25, 0.3) is 5.56 Å². The van der Waals surface area contributed by atoms with Gasteiger partial charge in [0.2, 0.25) is 5.95 Å². The Labute approximate surface area is 150 Å². The zero-order valence-electron chi connectivity index (χ0n) is 14.1. The van der Waals surface area contributed by atoms with Crippen molar-refractivity contribution in [3.05, 3.63) is 82.5 Å². The third-order valence-corrected chi connectivity index (χ3v) is 4.24. The van der Waals surface area contributed by atoms with Gasteiger partial charge in [0.1, 0.15) is 11.5 Å². The minimum Gasteiger partial charge on any atom is -0.491 e. The fourth-order valence-electron chi connectivity index (χ4n) is 2.97. The zero-order valence-corrected chi connectivity index (χ0v) is 14.1. The van der Waals surface area contributed by atoms with Crippen LogP contribution in [-0.4, -0.2) is 21.1 Å². The lowest BCUT2D eigenvalue weighted by Crippen LogP contribution is -2.19. The summed E-state index contributed by atoms with van der Waals surface area (Å²) in [4.78, 5) is 20.8. The van der Waals surface area contributed by atoms with Crippen molar-refractivity contribution in [1.82, 2.24) is 14.5 Å². The van der Waals surface area contributed by atoms with Crippen LogP contribution in [0.2, 0.25) is 0 Å². The highest BCUT2D eigenvalue weighted by atomic mass is 16.5. The molecular formula is C20H18N4O2. The Kier molecular flexibility index (Phi) is 4.23. The van der Waals surface area contributed by atoms with Gasteiger partial charge in [-0.05, 0) is 17.7 Å². The zero-order chi connectivity index (χ0) is 17.9. The van der Waals surface area contributed by atoms with Crippen molar-refractivity contribution in [1.29, 1.82) is 0 Å². The van der Waals surface area contributed by atoms with Gasteiger partial charge >= 0.3 is 0 Å². The second-order valence-electron chi connectivity index (χ2n) is 6.07. The number of hydrogen-bond acceptors (Lipinski definition) is 5. The molecule has 6 heteroatoms. The Bertz CT molecular complexity index is 1030. The van der Waals surface area contributed by atoms with Gasteiger partial charge in [-0.2, -0.15) is 0 Å². The Hall–Kier alpha value is -3.41. The monoisotopic (exact) mass is 346 g/mol. The first-order valence-corrected chi connectivity index (χ1v) is 8.41. The van der Waals surface area contributed by atoms with E-state index in [4.69, 9.17) is 10.5 Å².